The summed E-state index contributed by atoms with van der Waals surface area (Å²) < 4.78 is 0. The van der Waals surface area contributed by atoms with Crippen LogP contribution in [-0.4, -0.2) is 6.88 Å². The molecule has 18 heavy (non-hydrogen) atoms. The molecular weight excluding hydrogens is 358 g/mol. The summed E-state index contributed by atoms with van der Waals surface area (Å²) in [5.74, 6) is 0. The minimum atomic E-state index is 0. The minimum absolute atomic E-state index is 0. The molecule has 4 heteroatoms. The standard InChI is InChI=1S/2C6H7.2CH3.2ClH.H2Si.Zr/c2*1-6-4-2-3-5-6;;;;;;/h2*2,4H,3H2,1H3;2*1H3;2*1H;1H2;/q4*-1;;;;. The van der Waals surface area contributed by atoms with E-state index in [2.05, 4.69) is 50.3 Å². The van der Waals surface area contributed by atoms with E-state index in [1.54, 1.807) is 23.3 Å². The van der Waals surface area contributed by atoms with E-state index in [1.807, 2.05) is 6.88 Å². The zero-order chi connectivity index (χ0) is 10.8. The summed E-state index contributed by atoms with van der Waals surface area (Å²) in [6, 6.07) is 0. The van der Waals surface area contributed by atoms with E-state index < -0.39 is 0 Å². The Labute approximate surface area is 143 Å². The molecule has 0 spiro atoms. The molecule has 0 saturated heterocycles. The molecule has 2 aliphatic carbocycles. The maximum atomic E-state index is 3.12. The Balaban J connectivity index is -0.0000000460. The predicted molar refractivity (Wildman–Crippen MR) is 88.2 cm³/mol. The zero-order valence-corrected chi connectivity index (χ0v) is 17.3. The Kier molecular flexibility index (Phi) is 39.5. The SMILES string of the molecule is CC1=[C-]CC=C1.CC1=[C-]CC=C1.Cl.Cl.[CH3-].[CH3-].[SiH2]=[Zr]. The second-order valence-corrected chi connectivity index (χ2v) is 2.93. The van der Waals surface area contributed by atoms with Crippen molar-refractivity contribution in [2.45, 2.75) is 26.7 Å². The van der Waals surface area contributed by atoms with Gasteiger partial charge in [-0.3, -0.25) is 12.2 Å². The monoisotopic (exact) mass is 380 g/mol. The van der Waals surface area contributed by atoms with Crippen LogP contribution in [0.15, 0.2) is 35.5 Å². The molecule has 0 radical (unpaired) electrons. The van der Waals surface area contributed by atoms with Gasteiger partial charge in [-0.05, 0) is 0 Å². The molecule has 0 amide bonds. The van der Waals surface area contributed by atoms with Crippen LogP contribution >= 0.6 is 24.8 Å². The second kappa shape index (κ2) is 22.8. The summed E-state index contributed by atoms with van der Waals surface area (Å²) in [5, 5.41) is 0. The van der Waals surface area contributed by atoms with Gasteiger partial charge in [0.05, 0.1) is 0 Å². The molecule has 0 fully saturated rings. The average molecular weight is 383 g/mol. The fraction of sp³-hybridized carbons (Fsp3) is 0.286. The normalized spacial score (nSPS) is 12.5. The molecule has 0 aromatic rings. The van der Waals surface area contributed by atoms with Gasteiger partial charge in [-0.2, -0.15) is 12.2 Å². The van der Waals surface area contributed by atoms with Gasteiger partial charge in [0.25, 0.3) is 0 Å². The quantitative estimate of drug-likeness (QED) is 0.435. The van der Waals surface area contributed by atoms with Crippen molar-refractivity contribution in [3.05, 3.63) is 62.5 Å². The second-order valence-electron chi connectivity index (χ2n) is 2.93. The Hall–Kier alpha value is 0.640. The third kappa shape index (κ3) is 19.0. The number of hydrogen-bond donors (Lipinski definition) is 0. The van der Waals surface area contributed by atoms with Gasteiger partial charge in [0.2, 0.25) is 0 Å². The topological polar surface area (TPSA) is 0 Å². The molecule has 0 nitrogen and oxygen atoms in total. The van der Waals surface area contributed by atoms with E-state index in [-0.39, 0.29) is 39.7 Å². The Morgan fingerprint density at radius 1 is 0.889 bits per heavy atom. The van der Waals surface area contributed by atoms with Crippen molar-refractivity contribution in [3.8, 4) is 0 Å². The number of halogens is 2. The van der Waals surface area contributed by atoms with Gasteiger partial charge in [0.1, 0.15) is 0 Å². The van der Waals surface area contributed by atoms with Gasteiger partial charge in [-0.1, -0.05) is 13.8 Å². The molecule has 106 valence electrons. The first kappa shape index (κ1) is 31.2. The number of rotatable bonds is 0. The third-order valence-electron chi connectivity index (χ3n) is 1.73. The van der Waals surface area contributed by atoms with Crippen molar-refractivity contribution < 1.29 is 23.3 Å². The van der Waals surface area contributed by atoms with Crippen LogP contribution in [0, 0.1) is 27.0 Å². The molecule has 0 bridgehead atoms. The van der Waals surface area contributed by atoms with Gasteiger partial charge in [-0.15, -0.1) is 37.7 Å². The number of hydrogen-bond acceptors (Lipinski definition) is 0. The van der Waals surface area contributed by atoms with Gasteiger partial charge >= 0.3 is 30.2 Å². The van der Waals surface area contributed by atoms with E-state index in [0.29, 0.717) is 0 Å². The van der Waals surface area contributed by atoms with Gasteiger partial charge in [0.15, 0.2) is 0 Å². The van der Waals surface area contributed by atoms with Crippen LogP contribution < -0.4 is 0 Å². The Morgan fingerprint density at radius 3 is 1.22 bits per heavy atom. The van der Waals surface area contributed by atoms with Gasteiger partial charge < -0.3 is 14.9 Å². The Bertz CT molecular complexity index is 248. The van der Waals surface area contributed by atoms with Crippen molar-refractivity contribution in [2.75, 3.05) is 0 Å². The van der Waals surface area contributed by atoms with Crippen LogP contribution in [0.3, 0.4) is 0 Å². The van der Waals surface area contributed by atoms with E-state index >= 15 is 0 Å². The van der Waals surface area contributed by atoms with Crippen LogP contribution in [0.25, 0.3) is 0 Å². The summed E-state index contributed by atoms with van der Waals surface area (Å²) in [5.41, 5.74) is 2.55. The molecule has 0 N–H and O–H groups in total. The average Bonchev–Trinajstić information content (AvgIpc) is 2.83. The first-order valence-electron chi connectivity index (χ1n) is 4.62. The van der Waals surface area contributed by atoms with Crippen molar-refractivity contribution >= 4 is 31.7 Å². The number of allylic oxidation sites excluding steroid dienone is 8. The van der Waals surface area contributed by atoms with E-state index in [4.69, 9.17) is 0 Å². The van der Waals surface area contributed by atoms with Gasteiger partial charge in [-0.25, -0.2) is 23.3 Å². The predicted octanol–water partition coefficient (Wildman–Crippen LogP) is 4.22. The summed E-state index contributed by atoms with van der Waals surface area (Å²) >= 11 is 1.58. The summed E-state index contributed by atoms with van der Waals surface area (Å²) in [6.07, 6.45) is 16.7. The Morgan fingerprint density at radius 2 is 1.17 bits per heavy atom. The molecule has 0 aromatic carbocycles. The summed E-state index contributed by atoms with van der Waals surface area (Å²) in [6.45, 7) is 6.07. The van der Waals surface area contributed by atoms with Crippen molar-refractivity contribution in [1.82, 2.24) is 0 Å². The molecule has 0 atom stereocenters. The fourth-order valence-corrected chi connectivity index (χ4v) is 1.03. The molecule has 2 aliphatic rings. The van der Waals surface area contributed by atoms with Crippen molar-refractivity contribution in [1.29, 1.82) is 0 Å². The first-order chi connectivity index (χ1) is 6.79. The summed E-state index contributed by atoms with van der Waals surface area (Å²) in [4.78, 5) is 0. The third-order valence-corrected chi connectivity index (χ3v) is 1.73. The van der Waals surface area contributed by atoms with Crippen LogP contribution in [0.4, 0.5) is 0 Å². The molecule has 0 heterocycles. The van der Waals surface area contributed by atoms with Crippen molar-refractivity contribution in [2.24, 2.45) is 0 Å². The first-order valence-corrected chi connectivity index (χ1v) is 10.5. The van der Waals surface area contributed by atoms with Crippen LogP contribution in [0.1, 0.15) is 26.7 Å². The summed E-state index contributed by atoms with van der Waals surface area (Å²) in [7, 11) is 0. The van der Waals surface area contributed by atoms with E-state index in [0.717, 1.165) is 12.8 Å². The van der Waals surface area contributed by atoms with E-state index in [9.17, 15) is 0 Å². The van der Waals surface area contributed by atoms with E-state index in [1.165, 1.54) is 11.1 Å². The van der Waals surface area contributed by atoms with Crippen LogP contribution in [0.5, 0.6) is 0 Å². The molecule has 0 aromatic heterocycles. The fourth-order valence-electron chi connectivity index (χ4n) is 1.03. The van der Waals surface area contributed by atoms with Crippen LogP contribution in [0.2, 0.25) is 0 Å². The van der Waals surface area contributed by atoms with Crippen LogP contribution in [-0.2, 0) is 23.3 Å². The van der Waals surface area contributed by atoms with Crippen molar-refractivity contribution in [3.63, 3.8) is 0 Å². The molecule has 2 rings (SSSR count). The molecule has 0 unspecified atom stereocenters. The zero-order valence-electron chi connectivity index (χ0n) is 11.7. The maximum absolute atomic E-state index is 3.12. The molecule has 0 aliphatic heterocycles. The van der Waals surface area contributed by atoms with Gasteiger partial charge in [0, 0.05) is 0 Å². The molecular formula is C14H24Cl2SiZr-4. The molecule has 0 saturated carbocycles.